The lowest BCUT2D eigenvalue weighted by atomic mass is 10.1. The highest BCUT2D eigenvalue weighted by Gasteiger charge is 2.04. The van der Waals surface area contributed by atoms with Crippen LogP contribution in [0.2, 0.25) is 0 Å². The first kappa shape index (κ1) is 11.5. The Hall–Kier alpha value is -1.97. The molecule has 1 N–H and O–H groups in total. The van der Waals surface area contributed by atoms with Crippen molar-refractivity contribution in [2.75, 3.05) is 0 Å². The third-order valence-electron chi connectivity index (χ3n) is 2.50. The molecule has 0 aliphatic carbocycles. The lowest BCUT2D eigenvalue weighted by Crippen LogP contribution is -2.10. The van der Waals surface area contributed by atoms with Crippen LogP contribution in [-0.2, 0) is 6.42 Å². The number of H-pyrrole nitrogens is 1. The lowest BCUT2D eigenvalue weighted by Gasteiger charge is -2.05. The van der Waals surface area contributed by atoms with Gasteiger partial charge in [-0.3, -0.25) is 9.78 Å². The van der Waals surface area contributed by atoms with Crippen LogP contribution in [0.15, 0.2) is 23.0 Å². The number of nitrogens with one attached hydrogen (secondary N) is 1. The Labute approximate surface area is 99.8 Å². The summed E-state index contributed by atoms with van der Waals surface area (Å²) in [4.78, 5) is 22.9. The van der Waals surface area contributed by atoms with E-state index in [-0.39, 0.29) is 5.56 Å². The normalized spacial score (nSPS) is 10.5. The first-order chi connectivity index (χ1) is 8.08. The average Bonchev–Trinajstić information content (AvgIpc) is 2.26. The molecule has 0 radical (unpaired) electrons. The van der Waals surface area contributed by atoms with Gasteiger partial charge in [0.05, 0.1) is 5.69 Å². The van der Waals surface area contributed by atoms with E-state index in [1.165, 1.54) is 6.07 Å². The number of aromatic amines is 1. The molecule has 2 aromatic heterocycles. The number of rotatable bonds is 2. The molecule has 0 bridgehead atoms. The van der Waals surface area contributed by atoms with Crippen LogP contribution in [0.3, 0.4) is 0 Å². The van der Waals surface area contributed by atoms with Gasteiger partial charge in [-0.25, -0.2) is 4.98 Å². The molecule has 2 heterocycles. The topological polar surface area (TPSA) is 58.6 Å². The Balaban J connectivity index is 2.59. The summed E-state index contributed by atoms with van der Waals surface area (Å²) in [7, 11) is 0. The van der Waals surface area contributed by atoms with E-state index in [1.807, 2.05) is 32.9 Å². The largest absolute Gasteiger partial charge is 0.311 e. The first-order valence-electron chi connectivity index (χ1n) is 5.64. The molecule has 17 heavy (non-hydrogen) atoms. The van der Waals surface area contributed by atoms with Crippen molar-refractivity contribution in [1.29, 1.82) is 0 Å². The molecule has 88 valence electrons. The van der Waals surface area contributed by atoms with E-state index in [0.29, 0.717) is 17.9 Å². The maximum Gasteiger partial charge on any atom is 0.251 e. The number of aryl methyl sites for hydroxylation is 3. The maximum absolute atomic E-state index is 11.5. The third-order valence-corrected chi connectivity index (χ3v) is 2.50. The van der Waals surface area contributed by atoms with Crippen LogP contribution in [0.4, 0.5) is 0 Å². The van der Waals surface area contributed by atoms with Crippen LogP contribution in [0.5, 0.6) is 0 Å². The Morgan fingerprint density at radius 3 is 2.35 bits per heavy atom. The van der Waals surface area contributed by atoms with Crippen LogP contribution in [-0.4, -0.2) is 15.0 Å². The van der Waals surface area contributed by atoms with E-state index in [0.717, 1.165) is 17.0 Å². The maximum atomic E-state index is 11.5. The van der Waals surface area contributed by atoms with Crippen molar-refractivity contribution in [3.63, 3.8) is 0 Å². The summed E-state index contributed by atoms with van der Waals surface area (Å²) in [5.41, 5.74) is 3.40. The second-order valence-corrected chi connectivity index (χ2v) is 4.07. The lowest BCUT2D eigenvalue weighted by molar-refractivity contribution is 0.923. The van der Waals surface area contributed by atoms with E-state index >= 15 is 0 Å². The molecule has 0 saturated carbocycles. The van der Waals surface area contributed by atoms with Crippen LogP contribution < -0.4 is 5.56 Å². The average molecular weight is 229 g/mol. The zero-order valence-corrected chi connectivity index (χ0v) is 10.2. The Morgan fingerprint density at radius 2 is 1.76 bits per heavy atom. The molecule has 2 aromatic rings. The fourth-order valence-electron chi connectivity index (χ4n) is 1.81. The molecular formula is C13H15N3O. The molecule has 0 fully saturated rings. The second-order valence-electron chi connectivity index (χ2n) is 4.07. The molecule has 0 amide bonds. The minimum absolute atomic E-state index is 0.112. The number of hydrogen-bond donors (Lipinski definition) is 1. The third kappa shape index (κ3) is 2.58. The van der Waals surface area contributed by atoms with E-state index in [4.69, 9.17) is 0 Å². The van der Waals surface area contributed by atoms with E-state index in [9.17, 15) is 4.79 Å². The van der Waals surface area contributed by atoms with E-state index in [2.05, 4.69) is 15.0 Å². The van der Waals surface area contributed by atoms with Gasteiger partial charge in [0, 0.05) is 29.4 Å². The SMILES string of the molecule is CCc1nc(-c2cc(C)nc(C)c2)cc(=O)[nH]1. The van der Waals surface area contributed by atoms with Crippen molar-refractivity contribution in [3.05, 3.63) is 45.8 Å². The van der Waals surface area contributed by atoms with Gasteiger partial charge in [0.15, 0.2) is 0 Å². The summed E-state index contributed by atoms with van der Waals surface area (Å²) in [6.07, 6.45) is 0.714. The van der Waals surface area contributed by atoms with Gasteiger partial charge in [-0.2, -0.15) is 0 Å². The fourth-order valence-corrected chi connectivity index (χ4v) is 1.81. The monoisotopic (exact) mass is 229 g/mol. The smallest absolute Gasteiger partial charge is 0.251 e. The number of hydrogen-bond acceptors (Lipinski definition) is 3. The highest BCUT2D eigenvalue weighted by molar-refractivity contribution is 5.59. The molecule has 0 aromatic carbocycles. The van der Waals surface area contributed by atoms with Crippen molar-refractivity contribution in [1.82, 2.24) is 15.0 Å². The Kier molecular flexibility index (Phi) is 3.04. The van der Waals surface area contributed by atoms with Crippen LogP contribution in [0.25, 0.3) is 11.3 Å². The minimum atomic E-state index is -0.112. The van der Waals surface area contributed by atoms with E-state index < -0.39 is 0 Å². The molecule has 0 unspecified atom stereocenters. The first-order valence-corrected chi connectivity index (χ1v) is 5.64. The van der Waals surface area contributed by atoms with Crippen LogP contribution in [0, 0.1) is 13.8 Å². The quantitative estimate of drug-likeness (QED) is 0.857. The minimum Gasteiger partial charge on any atom is -0.311 e. The molecule has 0 aliphatic heterocycles. The molecule has 0 aliphatic rings. The number of nitrogens with zero attached hydrogens (tertiary/aromatic N) is 2. The van der Waals surface area contributed by atoms with Crippen molar-refractivity contribution in [3.8, 4) is 11.3 Å². The highest BCUT2D eigenvalue weighted by Crippen LogP contribution is 2.17. The number of aromatic nitrogens is 3. The summed E-state index contributed by atoms with van der Waals surface area (Å²) in [6, 6.07) is 5.40. The summed E-state index contributed by atoms with van der Waals surface area (Å²) in [6.45, 7) is 5.83. The predicted octanol–water partition coefficient (Wildman–Crippen LogP) is 2.01. The van der Waals surface area contributed by atoms with Crippen LogP contribution in [0.1, 0.15) is 24.1 Å². The van der Waals surface area contributed by atoms with Gasteiger partial charge in [0.2, 0.25) is 0 Å². The molecular weight excluding hydrogens is 214 g/mol. The second kappa shape index (κ2) is 4.49. The zero-order chi connectivity index (χ0) is 12.4. The van der Waals surface area contributed by atoms with Gasteiger partial charge in [-0.15, -0.1) is 0 Å². The Morgan fingerprint density at radius 1 is 1.12 bits per heavy atom. The number of pyridine rings is 1. The van der Waals surface area contributed by atoms with Gasteiger partial charge < -0.3 is 4.98 Å². The summed E-state index contributed by atoms with van der Waals surface area (Å²) >= 11 is 0. The van der Waals surface area contributed by atoms with Gasteiger partial charge in [0.25, 0.3) is 5.56 Å². The van der Waals surface area contributed by atoms with Crippen molar-refractivity contribution in [2.24, 2.45) is 0 Å². The van der Waals surface area contributed by atoms with Crippen molar-refractivity contribution < 1.29 is 0 Å². The van der Waals surface area contributed by atoms with Crippen molar-refractivity contribution in [2.45, 2.75) is 27.2 Å². The van der Waals surface area contributed by atoms with Crippen LogP contribution >= 0.6 is 0 Å². The zero-order valence-electron chi connectivity index (χ0n) is 10.2. The molecule has 4 heteroatoms. The molecule has 0 spiro atoms. The molecule has 0 saturated heterocycles. The van der Waals surface area contributed by atoms with Gasteiger partial charge >= 0.3 is 0 Å². The van der Waals surface area contributed by atoms with E-state index in [1.54, 1.807) is 0 Å². The fraction of sp³-hybridized carbons (Fsp3) is 0.308. The molecule has 0 atom stereocenters. The molecule has 2 rings (SSSR count). The summed E-state index contributed by atoms with van der Waals surface area (Å²) < 4.78 is 0. The van der Waals surface area contributed by atoms with Gasteiger partial charge in [-0.05, 0) is 26.0 Å². The van der Waals surface area contributed by atoms with Gasteiger partial charge in [-0.1, -0.05) is 6.92 Å². The van der Waals surface area contributed by atoms with Crippen molar-refractivity contribution >= 4 is 0 Å². The van der Waals surface area contributed by atoms with Gasteiger partial charge in [0.1, 0.15) is 5.82 Å². The summed E-state index contributed by atoms with van der Waals surface area (Å²) in [5.74, 6) is 0.708. The Bertz CT molecular complexity index is 582. The molecule has 4 nitrogen and oxygen atoms in total. The summed E-state index contributed by atoms with van der Waals surface area (Å²) in [5, 5.41) is 0. The highest BCUT2D eigenvalue weighted by atomic mass is 16.1. The standard InChI is InChI=1S/C13H15N3O/c1-4-12-15-11(7-13(17)16-12)10-5-8(2)14-9(3)6-10/h5-7H,4H2,1-3H3,(H,15,16,17). The predicted molar refractivity (Wildman–Crippen MR) is 66.9 cm³/mol.